The van der Waals surface area contributed by atoms with E-state index in [2.05, 4.69) is 25.5 Å². The van der Waals surface area contributed by atoms with Crippen LogP contribution in [0.3, 0.4) is 0 Å². The van der Waals surface area contributed by atoms with Crippen molar-refractivity contribution in [3.63, 3.8) is 0 Å². The van der Waals surface area contributed by atoms with Crippen molar-refractivity contribution < 1.29 is 9.32 Å². The van der Waals surface area contributed by atoms with Crippen LogP contribution in [-0.2, 0) is 4.79 Å². The summed E-state index contributed by atoms with van der Waals surface area (Å²) in [6.45, 7) is 3.71. The van der Waals surface area contributed by atoms with Gasteiger partial charge in [-0.1, -0.05) is 29.1 Å². The van der Waals surface area contributed by atoms with Crippen molar-refractivity contribution in [1.29, 1.82) is 0 Å². The maximum atomic E-state index is 12.4. The number of carbonyl (C=O) groups is 1. The molecule has 1 amide bonds. The molecule has 4 rings (SSSR count). The van der Waals surface area contributed by atoms with E-state index in [-0.39, 0.29) is 17.2 Å². The van der Waals surface area contributed by atoms with Crippen LogP contribution in [0.4, 0.5) is 5.82 Å². The molecular formula is C18H16N6O3S. The summed E-state index contributed by atoms with van der Waals surface area (Å²) in [4.78, 5) is 31.6. The minimum atomic E-state index is -0.307. The van der Waals surface area contributed by atoms with Gasteiger partial charge in [-0.3, -0.25) is 9.59 Å². The van der Waals surface area contributed by atoms with Crippen molar-refractivity contribution in [2.45, 2.75) is 19.0 Å². The number of benzene rings is 1. The van der Waals surface area contributed by atoms with Gasteiger partial charge in [0.1, 0.15) is 11.1 Å². The predicted molar refractivity (Wildman–Crippen MR) is 105 cm³/mol. The number of aromatic amines is 1. The van der Waals surface area contributed by atoms with Crippen LogP contribution in [0.5, 0.6) is 0 Å². The third kappa shape index (κ3) is 3.67. The topological polar surface area (TPSA) is 119 Å². The molecule has 9 nitrogen and oxygen atoms in total. The van der Waals surface area contributed by atoms with Crippen LogP contribution in [0.2, 0.25) is 0 Å². The molecule has 1 aromatic carbocycles. The Morgan fingerprint density at radius 3 is 2.93 bits per heavy atom. The van der Waals surface area contributed by atoms with Gasteiger partial charge in [0.2, 0.25) is 5.91 Å². The van der Waals surface area contributed by atoms with Crippen LogP contribution in [0, 0.1) is 13.8 Å². The molecule has 0 aliphatic rings. The van der Waals surface area contributed by atoms with Gasteiger partial charge in [0, 0.05) is 6.07 Å². The maximum absolute atomic E-state index is 12.4. The highest BCUT2D eigenvalue weighted by molar-refractivity contribution is 7.99. The smallest absolute Gasteiger partial charge is 0.262 e. The second-order valence-electron chi connectivity index (χ2n) is 6.16. The zero-order valence-corrected chi connectivity index (χ0v) is 15.9. The lowest BCUT2D eigenvalue weighted by Crippen LogP contribution is -2.16. The predicted octanol–water partition coefficient (Wildman–Crippen LogP) is 2.44. The Kier molecular flexibility index (Phi) is 4.70. The lowest BCUT2D eigenvalue weighted by molar-refractivity contribution is -0.113. The average molecular weight is 396 g/mol. The molecule has 3 aromatic heterocycles. The van der Waals surface area contributed by atoms with Crippen LogP contribution in [0.15, 0.2) is 51.0 Å². The van der Waals surface area contributed by atoms with Gasteiger partial charge in [0.05, 0.1) is 17.6 Å². The summed E-state index contributed by atoms with van der Waals surface area (Å²) in [6.07, 6.45) is 1.48. The molecule has 10 heteroatoms. The van der Waals surface area contributed by atoms with E-state index in [9.17, 15) is 9.59 Å². The molecule has 0 bridgehead atoms. The zero-order chi connectivity index (χ0) is 19.7. The minimum Gasteiger partial charge on any atom is -0.360 e. The number of nitrogens with zero attached hydrogens (tertiary/aromatic N) is 4. The Hall–Kier alpha value is -3.40. The number of anilines is 1. The lowest BCUT2D eigenvalue weighted by Gasteiger charge is -2.05. The van der Waals surface area contributed by atoms with Crippen molar-refractivity contribution >= 4 is 34.5 Å². The number of hydrogen-bond donors (Lipinski definition) is 2. The molecule has 3 heterocycles. The van der Waals surface area contributed by atoms with E-state index in [1.807, 2.05) is 31.2 Å². The van der Waals surface area contributed by atoms with E-state index in [1.165, 1.54) is 6.20 Å². The van der Waals surface area contributed by atoms with Gasteiger partial charge in [0.25, 0.3) is 5.56 Å². The third-order valence-corrected chi connectivity index (χ3v) is 4.77. The molecule has 4 aromatic rings. The third-order valence-electron chi connectivity index (χ3n) is 3.90. The van der Waals surface area contributed by atoms with Crippen LogP contribution < -0.4 is 10.9 Å². The standard InChI is InChI=1S/C18H16N6O3S/c1-10-4-3-5-12(6-10)24-16-13(8-19-24)17(26)22-18(21-16)28-9-15(25)20-14-7-11(2)27-23-14/h3-8H,9H2,1-2H3,(H,20,23,25)(H,21,22,26). The van der Waals surface area contributed by atoms with E-state index in [4.69, 9.17) is 4.52 Å². The Labute approximate surface area is 163 Å². The molecule has 0 spiro atoms. The highest BCUT2D eigenvalue weighted by Gasteiger charge is 2.13. The molecule has 0 aliphatic carbocycles. The Morgan fingerprint density at radius 1 is 1.32 bits per heavy atom. The number of aromatic nitrogens is 5. The summed E-state index contributed by atoms with van der Waals surface area (Å²) < 4.78 is 6.52. The first-order valence-corrected chi connectivity index (χ1v) is 9.39. The van der Waals surface area contributed by atoms with Gasteiger partial charge in [-0.2, -0.15) is 5.10 Å². The van der Waals surface area contributed by atoms with Gasteiger partial charge >= 0.3 is 0 Å². The molecule has 0 atom stereocenters. The first kappa shape index (κ1) is 18.0. The number of rotatable bonds is 5. The number of H-pyrrole nitrogens is 1. The number of aryl methyl sites for hydroxylation is 2. The summed E-state index contributed by atoms with van der Waals surface area (Å²) in [5.74, 6) is 0.716. The fraction of sp³-hybridized carbons (Fsp3) is 0.167. The van der Waals surface area contributed by atoms with Gasteiger partial charge in [0.15, 0.2) is 16.6 Å². The molecular weight excluding hydrogens is 380 g/mol. The Bertz CT molecular complexity index is 1230. The van der Waals surface area contributed by atoms with Crippen molar-refractivity contribution in [2.75, 3.05) is 11.1 Å². The second kappa shape index (κ2) is 7.31. The summed E-state index contributed by atoms with van der Waals surface area (Å²) in [6, 6.07) is 9.36. The molecule has 0 radical (unpaired) electrons. The van der Waals surface area contributed by atoms with Gasteiger partial charge in [-0.25, -0.2) is 9.67 Å². The largest absolute Gasteiger partial charge is 0.360 e. The summed E-state index contributed by atoms with van der Waals surface area (Å²) in [5.41, 5.74) is 2.01. The first-order chi connectivity index (χ1) is 13.5. The number of hydrogen-bond acceptors (Lipinski definition) is 7. The normalized spacial score (nSPS) is 11.1. The van der Waals surface area contributed by atoms with Crippen molar-refractivity contribution in [1.82, 2.24) is 24.9 Å². The lowest BCUT2D eigenvalue weighted by atomic mass is 10.2. The van der Waals surface area contributed by atoms with Gasteiger partial charge in [-0.05, 0) is 31.5 Å². The van der Waals surface area contributed by atoms with Gasteiger partial charge in [-0.15, -0.1) is 0 Å². The van der Waals surface area contributed by atoms with Crippen LogP contribution >= 0.6 is 11.8 Å². The van der Waals surface area contributed by atoms with Crippen LogP contribution in [-0.4, -0.2) is 36.6 Å². The van der Waals surface area contributed by atoms with Crippen LogP contribution in [0.1, 0.15) is 11.3 Å². The number of thioether (sulfide) groups is 1. The van der Waals surface area contributed by atoms with E-state index in [0.29, 0.717) is 27.8 Å². The first-order valence-electron chi connectivity index (χ1n) is 8.40. The van der Waals surface area contributed by atoms with Crippen LogP contribution in [0.25, 0.3) is 16.7 Å². The highest BCUT2D eigenvalue weighted by Crippen LogP contribution is 2.19. The molecule has 28 heavy (non-hydrogen) atoms. The summed E-state index contributed by atoms with van der Waals surface area (Å²) in [7, 11) is 0. The quantitative estimate of drug-likeness (QED) is 0.393. The molecule has 142 valence electrons. The monoisotopic (exact) mass is 396 g/mol. The number of carbonyl (C=O) groups excluding carboxylic acids is 1. The summed E-state index contributed by atoms with van der Waals surface area (Å²) >= 11 is 1.12. The van der Waals surface area contributed by atoms with E-state index < -0.39 is 0 Å². The fourth-order valence-electron chi connectivity index (χ4n) is 2.65. The molecule has 0 fully saturated rings. The summed E-state index contributed by atoms with van der Waals surface area (Å²) in [5, 5.41) is 11.3. The molecule has 0 saturated carbocycles. The number of nitrogens with one attached hydrogen (secondary N) is 2. The van der Waals surface area contributed by atoms with Crippen molar-refractivity contribution in [3.8, 4) is 5.69 Å². The van der Waals surface area contributed by atoms with E-state index in [1.54, 1.807) is 17.7 Å². The Balaban J connectivity index is 1.57. The molecule has 0 unspecified atom stereocenters. The highest BCUT2D eigenvalue weighted by atomic mass is 32.2. The Morgan fingerprint density at radius 2 is 2.18 bits per heavy atom. The van der Waals surface area contributed by atoms with E-state index in [0.717, 1.165) is 23.0 Å². The molecule has 0 saturated heterocycles. The molecule has 2 N–H and O–H groups in total. The average Bonchev–Trinajstić information content (AvgIpc) is 3.26. The minimum absolute atomic E-state index is 0.0545. The van der Waals surface area contributed by atoms with E-state index >= 15 is 0 Å². The fourth-order valence-corrected chi connectivity index (χ4v) is 3.31. The van der Waals surface area contributed by atoms with Crippen molar-refractivity contribution in [2.24, 2.45) is 0 Å². The van der Waals surface area contributed by atoms with Gasteiger partial charge < -0.3 is 14.8 Å². The SMILES string of the molecule is Cc1cccc(-n2ncc3c(=O)[nH]c(SCC(=O)Nc4cc(C)on4)nc32)c1. The molecule has 0 aliphatic heterocycles. The number of fused-ring (bicyclic) bond motifs is 1. The second-order valence-corrected chi connectivity index (χ2v) is 7.13. The number of amides is 1. The maximum Gasteiger partial charge on any atom is 0.262 e. The van der Waals surface area contributed by atoms with Crippen molar-refractivity contribution in [3.05, 3.63) is 58.2 Å². The zero-order valence-electron chi connectivity index (χ0n) is 15.1.